The number of benzene rings is 1. The van der Waals surface area contributed by atoms with E-state index in [0.29, 0.717) is 29.7 Å². The van der Waals surface area contributed by atoms with Gasteiger partial charge in [0.1, 0.15) is 12.4 Å². The van der Waals surface area contributed by atoms with E-state index in [1.807, 2.05) is 13.8 Å². The smallest absolute Gasteiger partial charge is 0.243 e. The Hall–Kier alpha value is -1.83. The summed E-state index contributed by atoms with van der Waals surface area (Å²) in [5.74, 6) is -0.232. The Kier molecular flexibility index (Phi) is 8.53. The average molecular weight is 358 g/mol. The Bertz CT molecular complexity index is 566. The fourth-order valence-corrected chi connectivity index (χ4v) is 1.96. The van der Waals surface area contributed by atoms with Crippen LogP contribution in [0.25, 0.3) is 0 Å². The van der Waals surface area contributed by atoms with Crippen LogP contribution >= 0.6 is 11.6 Å². The first-order valence-corrected chi connectivity index (χ1v) is 7.97. The van der Waals surface area contributed by atoms with Gasteiger partial charge in [-0.1, -0.05) is 25.4 Å². The second-order valence-electron chi connectivity index (χ2n) is 5.52. The average Bonchev–Trinajstić information content (AvgIpc) is 2.54. The lowest BCUT2D eigenvalue weighted by atomic mass is 10.1. The molecular weight excluding hydrogens is 334 g/mol. The number of amides is 2. The summed E-state index contributed by atoms with van der Waals surface area (Å²) < 4.78 is 10.3. The van der Waals surface area contributed by atoms with Gasteiger partial charge >= 0.3 is 0 Å². The predicted octanol–water partition coefficient (Wildman–Crippen LogP) is 1.40. The van der Waals surface area contributed by atoms with Crippen LogP contribution < -0.4 is 21.1 Å². The molecule has 0 fully saturated rings. The predicted molar refractivity (Wildman–Crippen MR) is 93.3 cm³/mol. The molecule has 0 aliphatic carbocycles. The number of hydrogen-bond acceptors (Lipinski definition) is 5. The topological polar surface area (TPSA) is 103 Å². The number of nitrogens with one attached hydrogen (secondary N) is 2. The van der Waals surface area contributed by atoms with E-state index in [1.165, 1.54) is 0 Å². The number of halogens is 1. The van der Waals surface area contributed by atoms with Crippen molar-refractivity contribution in [3.05, 3.63) is 23.2 Å². The van der Waals surface area contributed by atoms with Gasteiger partial charge in [-0.3, -0.25) is 9.59 Å². The number of carbonyl (C=O) groups is 2. The van der Waals surface area contributed by atoms with E-state index >= 15 is 0 Å². The zero-order valence-electron chi connectivity index (χ0n) is 14.1. The van der Waals surface area contributed by atoms with Crippen molar-refractivity contribution in [3.8, 4) is 5.75 Å². The molecule has 2 amide bonds. The first-order valence-electron chi connectivity index (χ1n) is 7.59. The molecule has 1 rings (SSSR count). The van der Waals surface area contributed by atoms with Crippen molar-refractivity contribution in [2.24, 2.45) is 11.7 Å². The van der Waals surface area contributed by atoms with E-state index in [2.05, 4.69) is 10.6 Å². The number of anilines is 1. The molecule has 0 unspecified atom stereocenters. The van der Waals surface area contributed by atoms with Crippen molar-refractivity contribution < 1.29 is 19.1 Å². The molecule has 0 saturated carbocycles. The highest BCUT2D eigenvalue weighted by atomic mass is 35.5. The third-order valence-electron chi connectivity index (χ3n) is 3.20. The van der Waals surface area contributed by atoms with Crippen LogP contribution in [0.3, 0.4) is 0 Å². The van der Waals surface area contributed by atoms with Crippen molar-refractivity contribution in [3.63, 3.8) is 0 Å². The minimum atomic E-state index is -0.643. The molecule has 0 saturated heterocycles. The fourth-order valence-electron chi connectivity index (χ4n) is 1.72. The Morgan fingerprint density at radius 1 is 1.29 bits per heavy atom. The molecule has 1 aromatic carbocycles. The summed E-state index contributed by atoms with van der Waals surface area (Å²) in [6, 6.07) is 4.24. The minimum Gasteiger partial charge on any atom is -0.490 e. The SMILES string of the molecule is COCCOc1ccc(NC(=O)CNC(=O)[C@@H](N)C(C)C)cc1Cl. The van der Waals surface area contributed by atoms with Crippen molar-refractivity contribution in [1.29, 1.82) is 0 Å². The van der Waals surface area contributed by atoms with Gasteiger partial charge < -0.3 is 25.8 Å². The quantitative estimate of drug-likeness (QED) is 0.580. The molecular formula is C16H24ClN3O4. The monoisotopic (exact) mass is 357 g/mol. The zero-order valence-corrected chi connectivity index (χ0v) is 14.9. The highest BCUT2D eigenvalue weighted by molar-refractivity contribution is 6.32. The molecule has 7 nitrogen and oxygen atoms in total. The summed E-state index contributed by atoms with van der Waals surface area (Å²) >= 11 is 6.09. The number of rotatable bonds is 9. The Morgan fingerprint density at radius 3 is 2.58 bits per heavy atom. The van der Waals surface area contributed by atoms with E-state index < -0.39 is 6.04 Å². The standard InChI is InChI=1S/C16H24ClN3O4/c1-10(2)15(18)16(22)19-9-14(21)20-11-4-5-13(12(17)8-11)24-7-6-23-3/h4-5,8,10,15H,6-7,9,18H2,1-3H3,(H,19,22)(H,20,21)/t15-/m0/s1. The molecule has 0 aliphatic rings. The van der Waals surface area contributed by atoms with Crippen LogP contribution in [0.2, 0.25) is 5.02 Å². The van der Waals surface area contributed by atoms with Crippen LogP contribution in [0.1, 0.15) is 13.8 Å². The van der Waals surface area contributed by atoms with Crippen LogP contribution in [-0.4, -0.2) is 44.7 Å². The van der Waals surface area contributed by atoms with E-state index in [9.17, 15) is 9.59 Å². The van der Waals surface area contributed by atoms with E-state index in [0.717, 1.165) is 0 Å². The normalized spacial score (nSPS) is 11.9. The number of ether oxygens (including phenoxy) is 2. The zero-order chi connectivity index (χ0) is 18.1. The number of hydrogen-bond donors (Lipinski definition) is 3. The second-order valence-corrected chi connectivity index (χ2v) is 5.93. The highest BCUT2D eigenvalue weighted by Gasteiger charge is 2.17. The van der Waals surface area contributed by atoms with Crippen molar-refractivity contribution in [1.82, 2.24) is 5.32 Å². The summed E-state index contributed by atoms with van der Waals surface area (Å²) in [6.07, 6.45) is 0. The van der Waals surface area contributed by atoms with Crippen LogP contribution in [0.5, 0.6) is 5.75 Å². The Morgan fingerprint density at radius 2 is 2.00 bits per heavy atom. The van der Waals surface area contributed by atoms with Gasteiger partial charge in [-0.25, -0.2) is 0 Å². The van der Waals surface area contributed by atoms with Crippen LogP contribution in [-0.2, 0) is 14.3 Å². The van der Waals surface area contributed by atoms with Crippen LogP contribution in [0.4, 0.5) is 5.69 Å². The minimum absolute atomic E-state index is 0.00230. The third-order valence-corrected chi connectivity index (χ3v) is 3.50. The molecule has 0 radical (unpaired) electrons. The van der Waals surface area contributed by atoms with E-state index in [-0.39, 0.29) is 24.3 Å². The summed E-state index contributed by atoms with van der Waals surface area (Å²) in [5, 5.41) is 5.51. The second kappa shape index (κ2) is 10.1. The molecule has 1 atom stereocenters. The van der Waals surface area contributed by atoms with Gasteiger partial charge in [-0.2, -0.15) is 0 Å². The molecule has 24 heavy (non-hydrogen) atoms. The summed E-state index contributed by atoms with van der Waals surface area (Å²) in [4.78, 5) is 23.6. The maximum absolute atomic E-state index is 11.9. The van der Waals surface area contributed by atoms with Gasteiger partial charge in [0, 0.05) is 12.8 Å². The van der Waals surface area contributed by atoms with Crippen molar-refractivity contribution in [2.75, 3.05) is 32.2 Å². The summed E-state index contributed by atoms with van der Waals surface area (Å²) in [6.45, 7) is 4.34. The third kappa shape index (κ3) is 6.74. The number of nitrogens with two attached hydrogens (primary N) is 1. The Balaban J connectivity index is 2.49. The van der Waals surface area contributed by atoms with Crippen LogP contribution in [0, 0.1) is 5.92 Å². The van der Waals surface area contributed by atoms with Crippen LogP contribution in [0.15, 0.2) is 18.2 Å². The molecule has 0 aromatic heterocycles. The lowest BCUT2D eigenvalue weighted by Crippen LogP contribution is -2.46. The molecule has 4 N–H and O–H groups in total. The fraction of sp³-hybridized carbons (Fsp3) is 0.500. The lowest BCUT2D eigenvalue weighted by Gasteiger charge is -2.15. The lowest BCUT2D eigenvalue weighted by molar-refractivity contribution is -0.125. The molecule has 1 aromatic rings. The molecule has 8 heteroatoms. The Labute approximate surface area is 146 Å². The maximum Gasteiger partial charge on any atom is 0.243 e. The van der Waals surface area contributed by atoms with E-state index in [1.54, 1.807) is 25.3 Å². The molecule has 0 bridgehead atoms. The van der Waals surface area contributed by atoms with Crippen molar-refractivity contribution in [2.45, 2.75) is 19.9 Å². The van der Waals surface area contributed by atoms with Crippen molar-refractivity contribution >= 4 is 29.1 Å². The first kappa shape index (κ1) is 20.2. The van der Waals surface area contributed by atoms with E-state index in [4.69, 9.17) is 26.8 Å². The van der Waals surface area contributed by atoms with Gasteiger partial charge in [0.25, 0.3) is 0 Å². The van der Waals surface area contributed by atoms with Gasteiger partial charge in [-0.05, 0) is 24.1 Å². The number of methoxy groups -OCH3 is 1. The number of carbonyl (C=O) groups excluding carboxylic acids is 2. The van der Waals surface area contributed by atoms with Gasteiger partial charge in [0.15, 0.2) is 0 Å². The molecule has 0 heterocycles. The molecule has 0 aliphatic heterocycles. The first-order chi connectivity index (χ1) is 11.3. The molecule has 0 spiro atoms. The largest absolute Gasteiger partial charge is 0.490 e. The van der Waals surface area contributed by atoms with Gasteiger partial charge in [0.2, 0.25) is 11.8 Å². The summed E-state index contributed by atoms with van der Waals surface area (Å²) in [5.41, 5.74) is 6.21. The molecule has 134 valence electrons. The maximum atomic E-state index is 11.9. The van der Waals surface area contributed by atoms with Gasteiger partial charge in [0.05, 0.1) is 24.2 Å². The van der Waals surface area contributed by atoms with Gasteiger partial charge in [-0.15, -0.1) is 0 Å². The summed E-state index contributed by atoms with van der Waals surface area (Å²) in [7, 11) is 1.58. The highest BCUT2D eigenvalue weighted by Crippen LogP contribution is 2.27.